The Labute approximate surface area is 130 Å². The Morgan fingerprint density at radius 1 is 1.33 bits per heavy atom. The molecule has 0 atom stereocenters. The van der Waals surface area contributed by atoms with E-state index in [1.165, 1.54) is 18.9 Å². The number of carbonyl (C=O) groups is 1. The van der Waals surface area contributed by atoms with Crippen molar-refractivity contribution in [3.63, 3.8) is 0 Å². The maximum absolute atomic E-state index is 11.9. The molecule has 116 valence electrons. The summed E-state index contributed by atoms with van der Waals surface area (Å²) in [6, 6.07) is 4.71. The molecule has 0 spiro atoms. The highest BCUT2D eigenvalue weighted by Gasteiger charge is 2.18. The van der Waals surface area contributed by atoms with Crippen molar-refractivity contribution in [2.24, 2.45) is 5.92 Å². The molecule has 0 radical (unpaired) electrons. The van der Waals surface area contributed by atoms with Gasteiger partial charge in [0.2, 0.25) is 15.9 Å². The van der Waals surface area contributed by atoms with Crippen molar-refractivity contribution < 1.29 is 13.2 Å². The molecule has 1 aliphatic rings. The Hall–Kier alpha value is -1.27. The number of amides is 1. The molecule has 0 heterocycles. The Morgan fingerprint density at radius 3 is 2.57 bits per heavy atom. The summed E-state index contributed by atoms with van der Waals surface area (Å²) >= 11 is 6.01. The predicted octanol–water partition coefficient (Wildman–Crippen LogP) is 3.23. The minimum absolute atomic E-state index is 0.0261. The van der Waals surface area contributed by atoms with E-state index >= 15 is 0 Å². The normalized spacial score (nSPS) is 15.9. The van der Waals surface area contributed by atoms with Crippen molar-refractivity contribution in [1.29, 1.82) is 0 Å². The van der Waals surface area contributed by atoms with Gasteiger partial charge in [0.25, 0.3) is 0 Å². The van der Waals surface area contributed by atoms with Gasteiger partial charge in [0.1, 0.15) is 0 Å². The van der Waals surface area contributed by atoms with E-state index in [0.29, 0.717) is 23.7 Å². The lowest BCUT2D eigenvalue weighted by Gasteiger charge is -2.11. The highest BCUT2D eigenvalue weighted by atomic mass is 35.5. The van der Waals surface area contributed by atoms with E-state index in [1.807, 2.05) is 0 Å². The molecule has 0 unspecified atom stereocenters. The van der Waals surface area contributed by atoms with Gasteiger partial charge in [-0.1, -0.05) is 24.4 Å². The fourth-order valence-corrected chi connectivity index (χ4v) is 3.43. The van der Waals surface area contributed by atoms with E-state index in [2.05, 4.69) is 10.0 Å². The highest BCUT2D eigenvalue weighted by Crippen LogP contribution is 2.29. The van der Waals surface area contributed by atoms with Crippen LogP contribution in [-0.4, -0.2) is 20.6 Å². The summed E-state index contributed by atoms with van der Waals surface area (Å²) in [6.45, 7) is 0. The summed E-state index contributed by atoms with van der Waals surface area (Å²) in [5, 5.41) is 3.05. The molecule has 1 aromatic rings. The molecular formula is C14H19ClN2O3S. The van der Waals surface area contributed by atoms with E-state index in [1.54, 1.807) is 12.1 Å². The number of nitrogens with one attached hydrogen (secondary N) is 2. The molecule has 1 aromatic carbocycles. The molecule has 7 heteroatoms. The van der Waals surface area contributed by atoms with E-state index in [0.717, 1.165) is 19.1 Å². The van der Waals surface area contributed by atoms with Gasteiger partial charge in [-0.25, -0.2) is 8.42 Å². The van der Waals surface area contributed by atoms with Crippen LogP contribution in [0.15, 0.2) is 18.2 Å². The number of sulfonamides is 1. The second-order valence-corrected chi connectivity index (χ2v) is 7.63. The molecule has 0 aromatic heterocycles. The quantitative estimate of drug-likeness (QED) is 0.870. The number of rotatable bonds is 5. The minimum Gasteiger partial charge on any atom is -0.326 e. The van der Waals surface area contributed by atoms with Gasteiger partial charge in [-0.15, -0.1) is 0 Å². The molecule has 5 nitrogen and oxygen atoms in total. The summed E-state index contributed by atoms with van der Waals surface area (Å²) in [7, 11) is -3.37. The van der Waals surface area contributed by atoms with Gasteiger partial charge in [-0.05, 0) is 37.0 Å². The standard InChI is InChI=1S/C14H19ClN2O3S/c1-21(19,20)17-13-7-6-11(9-12(13)15)16-14(18)8-10-4-2-3-5-10/h6-7,9-10,17H,2-5,8H2,1H3,(H,16,18). The first kappa shape index (κ1) is 16.1. The second kappa shape index (κ2) is 6.66. The van der Waals surface area contributed by atoms with Crippen LogP contribution in [0.2, 0.25) is 5.02 Å². The van der Waals surface area contributed by atoms with E-state index < -0.39 is 10.0 Å². The predicted molar refractivity (Wildman–Crippen MR) is 85.1 cm³/mol. The topological polar surface area (TPSA) is 75.3 Å². The first-order valence-electron chi connectivity index (χ1n) is 6.91. The van der Waals surface area contributed by atoms with E-state index in [9.17, 15) is 13.2 Å². The number of halogens is 1. The Morgan fingerprint density at radius 2 is 2.00 bits per heavy atom. The van der Waals surface area contributed by atoms with Crippen LogP contribution in [0.1, 0.15) is 32.1 Å². The zero-order valence-electron chi connectivity index (χ0n) is 11.9. The van der Waals surface area contributed by atoms with Crippen LogP contribution in [0.3, 0.4) is 0 Å². The Kier molecular flexibility index (Phi) is 5.11. The molecule has 1 aliphatic carbocycles. The highest BCUT2D eigenvalue weighted by molar-refractivity contribution is 7.92. The molecule has 0 saturated heterocycles. The van der Waals surface area contributed by atoms with Crippen LogP contribution < -0.4 is 10.0 Å². The SMILES string of the molecule is CS(=O)(=O)Nc1ccc(NC(=O)CC2CCCC2)cc1Cl. The summed E-state index contributed by atoms with van der Waals surface area (Å²) < 4.78 is 24.7. The second-order valence-electron chi connectivity index (χ2n) is 5.47. The van der Waals surface area contributed by atoms with Gasteiger partial charge in [-0.2, -0.15) is 0 Å². The summed E-state index contributed by atoms with van der Waals surface area (Å²) in [6.07, 6.45) is 6.23. The third-order valence-electron chi connectivity index (χ3n) is 3.50. The third-order valence-corrected chi connectivity index (χ3v) is 4.40. The van der Waals surface area contributed by atoms with Crippen molar-refractivity contribution >= 4 is 38.9 Å². The lowest BCUT2D eigenvalue weighted by molar-refractivity contribution is -0.117. The van der Waals surface area contributed by atoms with Gasteiger partial charge >= 0.3 is 0 Å². The number of carbonyl (C=O) groups excluding carboxylic acids is 1. The average molecular weight is 331 g/mol. The largest absolute Gasteiger partial charge is 0.326 e. The number of hydrogen-bond donors (Lipinski definition) is 2. The first-order chi connectivity index (χ1) is 9.83. The molecule has 0 aliphatic heterocycles. The van der Waals surface area contributed by atoms with Crippen molar-refractivity contribution in [3.05, 3.63) is 23.2 Å². The molecule has 1 amide bonds. The molecule has 0 bridgehead atoms. The van der Waals surface area contributed by atoms with Crippen LogP contribution in [0.5, 0.6) is 0 Å². The molecule has 2 N–H and O–H groups in total. The van der Waals surface area contributed by atoms with E-state index in [4.69, 9.17) is 11.6 Å². The minimum atomic E-state index is -3.37. The van der Waals surface area contributed by atoms with Gasteiger partial charge in [0.15, 0.2) is 0 Å². The molecule has 1 fully saturated rings. The van der Waals surface area contributed by atoms with Crippen LogP contribution in [-0.2, 0) is 14.8 Å². The molecule has 2 rings (SSSR count). The average Bonchev–Trinajstić information content (AvgIpc) is 2.84. The van der Waals surface area contributed by atoms with Crippen LogP contribution in [0.25, 0.3) is 0 Å². The zero-order valence-corrected chi connectivity index (χ0v) is 13.4. The Bertz CT molecular complexity index is 625. The monoisotopic (exact) mass is 330 g/mol. The Balaban J connectivity index is 1.97. The zero-order chi connectivity index (χ0) is 15.5. The van der Waals surface area contributed by atoms with Gasteiger partial charge in [0.05, 0.1) is 17.0 Å². The smallest absolute Gasteiger partial charge is 0.229 e. The number of anilines is 2. The first-order valence-corrected chi connectivity index (χ1v) is 9.17. The molecular weight excluding hydrogens is 312 g/mol. The van der Waals surface area contributed by atoms with Crippen LogP contribution in [0.4, 0.5) is 11.4 Å². The lowest BCUT2D eigenvalue weighted by Crippen LogP contribution is -2.15. The van der Waals surface area contributed by atoms with Crippen molar-refractivity contribution in [3.8, 4) is 0 Å². The van der Waals surface area contributed by atoms with Crippen molar-refractivity contribution in [1.82, 2.24) is 0 Å². The fourth-order valence-electron chi connectivity index (χ4n) is 2.56. The van der Waals surface area contributed by atoms with Crippen molar-refractivity contribution in [2.45, 2.75) is 32.1 Å². The lowest BCUT2D eigenvalue weighted by atomic mass is 10.0. The number of benzene rings is 1. The third kappa shape index (κ3) is 5.21. The maximum atomic E-state index is 11.9. The number of hydrogen-bond acceptors (Lipinski definition) is 3. The van der Waals surface area contributed by atoms with Gasteiger partial charge < -0.3 is 5.32 Å². The van der Waals surface area contributed by atoms with Gasteiger partial charge in [-0.3, -0.25) is 9.52 Å². The summed E-state index contributed by atoms with van der Waals surface area (Å²) in [5.74, 6) is 0.452. The maximum Gasteiger partial charge on any atom is 0.229 e. The van der Waals surface area contributed by atoms with Crippen molar-refractivity contribution in [2.75, 3.05) is 16.3 Å². The fraction of sp³-hybridized carbons (Fsp3) is 0.500. The molecule has 1 saturated carbocycles. The van der Waals surface area contributed by atoms with E-state index in [-0.39, 0.29) is 10.9 Å². The summed E-state index contributed by atoms with van der Waals surface area (Å²) in [5.41, 5.74) is 0.870. The van der Waals surface area contributed by atoms with Crippen LogP contribution in [0, 0.1) is 5.92 Å². The van der Waals surface area contributed by atoms with Gasteiger partial charge in [0, 0.05) is 12.1 Å². The molecule has 21 heavy (non-hydrogen) atoms. The summed E-state index contributed by atoms with van der Waals surface area (Å²) in [4.78, 5) is 11.9. The van der Waals surface area contributed by atoms with Crippen LogP contribution >= 0.6 is 11.6 Å².